The number of carbonyl (C=O) groups excluding carboxylic acids is 1. The molecule has 0 aromatic rings. The van der Waals surface area contributed by atoms with Gasteiger partial charge in [0.1, 0.15) is 0 Å². The van der Waals surface area contributed by atoms with Gasteiger partial charge in [0.15, 0.2) is 0 Å². The molecule has 1 aliphatic rings. The molecular formula is C11H22N2OS. The van der Waals surface area contributed by atoms with E-state index in [-0.39, 0.29) is 5.91 Å². The van der Waals surface area contributed by atoms with Crippen LogP contribution in [-0.4, -0.2) is 36.5 Å². The van der Waals surface area contributed by atoms with Crippen LogP contribution in [0.25, 0.3) is 0 Å². The zero-order valence-electron chi connectivity index (χ0n) is 9.71. The molecule has 3 nitrogen and oxygen atoms in total. The van der Waals surface area contributed by atoms with Crippen molar-refractivity contribution >= 4 is 17.7 Å². The quantitative estimate of drug-likeness (QED) is 0.724. The van der Waals surface area contributed by atoms with E-state index in [1.807, 2.05) is 0 Å². The van der Waals surface area contributed by atoms with Crippen molar-refractivity contribution in [1.82, 2.24) is 10.6 Å². The Bertz CT molecular complexity index is 193. The van der Waals surface area contributed by atoms with E-state index in [0.717, 1.165) is 6.54 Å². The summed E-state index contributed by atoms with van der Waals surface area (Å²) in [5.74, 6) is 0.128. The zero-order chi connectivity index (χ0) is 11.1. The van der Waals surface area contributed by atoms with E-state index in [1.165, 1.54) is 25.7 Å². The van der Waals surface area contributed by atoms with E-state index in [1.54, 1.807) is 11.8 Å². The summed E-state index contributed by atoms with van der Waals surface area (Å²) in [5.41, 5.74) is 0. The van der Waals surface area contributed by atoms with Crippen molar-refractivity contribution < 1.29 is 4.79 Å². The highest BCUT2D eigenvalue weighted by atomic mass is 32.2. The van der Waals surface area contributed by atoms with E-state index in [0.29, 0.717) is 17.8 Å². The Balaban J connectivity index is 2.02. The highest BCUT2D eigenvalue weighted by Gasteiger charge is 2.15. The third kappa shape index (κ3) is 5.42. The summed E-state index contributed by atoms with van der Waals surface area (Å²) in [7, 11) is 0. The van der Waals surface area contributed by atoms with Gasteiger partial charge in [0.25, 0.3) is 0 Å². The molecule has 1 fully saturated rings. The SMILES string of the molecule is CSC(C)CNC(=O)CNC1CCCC1. The average molecular weight is 230 g/mol. The lowest BCUT2D eigenvalue weighted by Crippen LogP contribution is -2.39. The Hall–Kier alpha value is -0.220. The predicted octanol–water partition coefficient (Wildman–Crippen LogP) is 1.39. The molecule has 88 valence electrons. The first-order valence-electron chi connectivity index (χ1n) is 5.75. The van der Waals surface area contributed by atoms with Gasteiger partial charge in [0.05, 0.1) is 6.54 Å². The van der Waals surface area contributed by atoms with Crippen molar-refractivity contribution in [2.45, 2.75) is 43.9 Å². The first-order valence-corrected chi connectivity index (χ1v) is 7.04. The lowest BCUT2D eigenvalue weighted by Gasteiger charge is -2.13. The van der Waals surface area contributed by atoms with E-state index >= 15 is 0 Å². The summed E-state index contributed by atoms with van der Waals surface area (Å²) in [6.07, 6.45) is 7.14. The maximum atomic E-state index is 11.4. The van der Waals surface area contributed by atoms with Gasteiger partial charge in [-0.1, -0.05) is 19.8 Å². The van der Waals surface area contributed by atoms with Gasteiger partial charge in [-0.3, -0.25) is 4.79 Å². The number of amides is 1. The standard InChI is InChI=1S/C11H22N2OS/c1-9(15-2)7-13-11(14)8-12-10-5-3-4-6-10/h9-10,12H,3-8H2,1-2H3,(H,13,14). The molecule has 0 aliphatic heterocycles. The molecule has 0 aromatic heterocycles. The fourth-order valence-electron chi connectivity index (χ4n) is 1.77. The van der Waals surface area contributed by atoms with Gasteiger partial charge < -0.3 is 10.6 Å². The van der Waals surface area contributed by atoms with Crippen molar-refractivity contribution in [2.75, 3.05) is 19.3 Å². The maximum absolute atomic E-state index is 11.4. The van der Waals surface area contributed by atoms with Crippen LogP contribution in [0, 0.1) is 0 Å². The second-order valence-corrected chi connectivity index (χ2v) is 5.49. The van der Waals surface area contributed by atoms with Crippen molar-refractivity contribution in [3.8, 4) is 0 Å². The number of rotatable bonds is 6. The van der Waals surface area contributed by atoms with E-state index in [9.17, 15) is 4.79 Å². The van der Waals surface area contributed by atoms with Crippen molar-refractivity contribution in [3.63, 3.8) is 0 Å². The molecule has 1 amide bonds. The lowest BCUT2D eigenvalue weighted by atomic mass is 10.2. The van der Waals surface area contributed by atoms with E-state index in [2.05, 4.69) is 23.8 Å². The molecule has 4 heteroatoms. The van der Waals surface area contributed by atoms with Crippen LogP contribution in [0.3, 0.4) is 0 Å². The molecule has 1 rings (SSSR count). The van der Waals surface area contributed by atoms with Crippen LogP contribution in [0.1, 0.15) is 32.6 Å². The van der Waals surface area contributed by atoms with Crippen molar-refractivity contribution in [2.24, 2.45) is 0 Å². The summed E-state index contributed by atoms with van der Waals surface area (Å²) in [6.45, 7) is 3.37. The third-order valence-corrected chi connectivity index (χ3v) is 3.87. The minimum Gasteiger partial charge on any atom is -0.354 e. The fraction of sp³-hybridized carbons (Fsp3) is 0.909. The molecule has 2 N–H and O–H groups in total. The number of nitrogens with one attached hydrogen (secondary N) is 2. The van der Waals surface area contributed by atoms with Gasteiger partial charge in [-0.15, -0.1) is 0 Å². The van der Waals surface area contributed by atoms with Crippen LogP contribution in [0.4, 0.5) is 0 Å². The van der Waals surface area contributed by atoms with Gasteiger partial charge >= 0.3 is 0 Å². The monoisotopic (exact) mass is 230 g/mol. The topological polar surface area (TPSA) is 41.1 Å². The molecular weight excluding hydrogens is 208 g/mol. The Morgan fingerprint density at radius 2 is 2.13 bits per heavy atom. The molecule has 0 spiro atoms. The summed E-state index contributed by atoms with van der Waals surface area (Å²) >= 11 is 1.78. The second-order valence-electron chi connectivity index (χ2n) is 4.21. The lowest BCUT2D eigenvalue weighted by molar-refractivity contribution is -0.120. The number of hydrogen-bond acceptors (Lipinski definition) is 3. The minimum absolute atomic E-state index is 0.128. The summed E-state index contributed by atoms with van der Waals surface area (Å²) in [6, 6.07) is 0.578. The predicted molar refractivity (Wildman–Crippen MR) is 66.2 cm³/mol. The summed E-state index contributed by atoms with van der Waals surface area (Å²) in [4.78, 5) is 11.4. The molecule has 0 aromatic carbocycles. The summed E-state index contributed by atoms with van der Waals surface area (Å²) in [5, 5.41) is 6.74. The van der Waals surface area contributed by atoms with Gasteiger partial charge in [-0.05, 0) is 19.1 Å². The third-order valence-electron chi connectivity index (χ3n) is 2.90. The molecule has 0 saturated heterocycles. The molecule has 0 radical (unpaired) electrons. The molecule has 0 bridgehead atoms. The zero-order valence-corrected chi connectivity index (χ0v) is 10.5. The van der Waals surface area contributed by atoms with Gasteiger partial charge in [0.2, 0.25) is 5.91 Å². The second kappa shape index (κ2) is 7.12. The molecule has 1 aliphatic carbocycles. The minimum atomic E-state index is 0.128. The first-order chi connectivity index (χ1) is 7.22. The highest BCUT2D eigenvalue weighted by molar-refractivity contribution is 7.99. The smallest absolute Gasteiger partial charge is 0.234 e. The Morgan fingerprint density at radius 1 is 1.47 bits per heavy atom. The highest BCUT2D eigenvalue weighted by Crippen LogP contribution is 2.17. The normalized spacial score (nSPS) is 19.1. The number of hydrogen-bond donors (Lipinski definition) is 2. The largest absolute Gasteiger partial charge is 0.354 e. The van der Waals surface area contributed by atoms with Crippen LogP contribution in [-0.2, 0) is 4.79 Å². The van der Waals surface area contributed by atoms with Gasteiger partial charge in [-0.2, -0.15) is 11.8 Å². The fourth-order valence-corrected chi connectivity index (χ4v) is 2.02. The Kier molecular flexibility index (Phi) is 6.10. The Labute approximate surface area is 96.8 Å². The molecule has 1 unspecified atom stereocenters. The van der Waals surface area contributed by atoms with Crippen molar-refractivity contribution in [3.05, 3.63) is 0 Å². The number of carbonyl (C=O) groups is 1. The molecule has 1 saturated carbocycles. The maximum Gasteiger partial charge on any atom is 0.234 e. The number of thioether (sulfide) groups is 1. The average Bonchev–Trinajstić information content (AvgIpc) is 2.75. The van der Waals surface area contributed by atoms with Crippen LogP contribution < -0.4 is 10.6 Å². The van der Waals surface area contributed by atoms with Crippen LogP contribution >= 0.6 is 11.8 Å². The van der Waals surface area contributed by atoms with Crippen LogP contribution in [0.2, 0.25) is 0 Å². The first kappa shape index (κ1) is 12.8. The van der Waals surface area contributed by atoms with Crippen LogP contribution in [0.5, 0.6) is 0 Å². The van der Waals surface area contributed by atoms with E-state index < -0.39 is 0 Å². The molecule has 15 heavy (non-hydrogen) atoms. The van der Waals surface area contributed by atoms with Gasteiger partial charge in [0, 0.05) is 17.8 Å². The van der Waals surface area contributed by atoms with Crippen molar-refractivity contribution in [1.29, 1.82) is 0 Å². The summed E-state index contributed by atoms with van der Waals surface area (Å²) < 4.78 is 0. The Morgan fingerprint density at radius 3 is 2.73 bits per heavy atom. The molecule has 1 atom stereocenters. The molecule has 0 heterocycles. The van der Waals surface area contributed by atoms with Crippen LogP contribution in [0.15, 0.2) is 0 Å². The van der Waals surface area contributed by atoms with Gasteiger partial charge in [-0.25, -0.2) is 0 Å². The van der Waals surface area contributed by atoms with E-state index in [4.69, 9.17) is 0 Å².